The largest absolute Gasteiger partial charge is 0.347 e. The molecule has 3 aromatic rings. The number of nitrogens with one attached hydrogen (secondary N) is 1. The molecule has 0 spiro atoms. The molecule has 1 aliphatic rings. The second-order valence-electron chi connectivity index (χ2n) is 10.8. The topological polar surface area (TPSA) is 84.3 Å². The predicted molar refractivity (Wildman–Crippen MR) is 150 cm³/mol. The highest BCUT2D eigenvalue weighted by atomic mass is 19.3. The number of Topliss-reactive ketones (excluding diaryl/α,β-unsaturated/α-hetero) is 1. The number of halogens is 2. The van der Waals surface area contributed by atoms with Crippen LogP contribution in [0.5, 0.6) is 0 Å². The number of hydrogen-bond donors (Lipinski definition) is 1. The Bertz CT molecular complexity index is 1420. The number of amides is 1. The van der Waals surface area contributed by atoms with E-state index in [9.17, 15) is 23.2 Å². The van der Waals surface area contributed by atoms with Gasteiger partial charge in [0.2, 0.25) is 5.91 Å². The summed E-state index contributed by atoms with van der Waals surface area (Å²) in [7, 11) is 0. The van der Waals surface area contributed by atoms with Crippen LogP contribution in [0.4, 0.5) is 8.78 Å². The van der Waals surface area contributed by atoms with Crippen molar-refractivity contribution in [2.45, 2.75) is 71.5 Å². The highest BCUT2D eigenvalue weighted by Gasteiger charge is 2.43. The lowest BCUT2D eigenvalue weighted by Gasteiger charge is -2.38. The van der Waals surface area contributed by atoms with Crippen LogP contribution in [0.25, 0.3) is 11.1 Å². The van der Waals surface area contributed by atoms with Crippen molar-refractivity contribution < 1.29 is 18.4 Å². The van der Waals surface area contributed by atoms with E-state index in [1.165, 1.54) is 17.6 Å². The number of aromatic nitrogens is 2. The Hall–Kier alpha value is -3.72. The molecule has 2 atom stereocenters. The van der Waals surface area contributed by atoms with Crippen LogP contribution in [0, 0.1) is 13.8 Å². The molecule has 0 saturated carbocycles. The number of alkyl halides is 2. The van der Waals surface area contributed by atoms with Crippen molar-refractivity contribution in [1.82, 2.24) is 19.8 Å². The number of likely N-dealkylation sites (tertiary alicyclic amines) is 1. The lowest BCUT2D eigenvalue weighted by atomic mass is 9.94. The first-order chi connectivity index (χ1) is 19.0. The fourth-order valence-electron chi connectivity index (χ4n) is 5.40. The SMILES string of the molecule is CCCC(C(=O)N[C@@H](CC(C)=O)c1cncc(-c2c(C)cccc2C)c1)n1cc(CN2CC(F)(F)C2)ccc1=O. The maximum atomic E-state index is 13.7. The second-order valence-corrected chi connectivity index (χ2v) is 10.8. The maximum Gasteiger partial charge on any atom is 0.272 e. The van der Waals surface area contributed by atoms with Gasteiger partial charge in [-0.15, -0.1) is 0 Å². The van der Waals surface area contributed by atoms with E-state index in [0.717, 1.165) is 22.3 Å². The van der Waals surface area contributed by atoms with Gasteiger partial charge in [0.15, 0.2) is 0 Å². The Morgan fingerprint density at radius 1 is 1.10 bits per heavy atom. The summed E-state index contributed by atoms with van der Waals surface area (Å²) in [5.41, 5.74) is 5.14. The first kappa shape index (κ1) is 29.3. The third-order valence-corrected chi connectivity index (χ3v) is 7.26. The minimum absolute atomic E-state index is 0.0700. The lowest BCUT2D eigenvalue weighted by molar-refractivity contribution is -0.133. The van der Waals surface area contributed by atoms with E-state index in [4.69, 9.17) is 0 Å². The molecule has 40 heavy (non-hydrogen) atoms. The minimum atomic E-state index is -2.69. The number of aryl methyl sites for hydroxylation is 2. The summed E-state index contributed by atoms with van der Waals surface area (Å²) in [6.45, 7) is 7.05. The molecular weight excluding hydrogens is 514 g/mol. The van der Waals surface area contributed by atoms with E-state index >= 15 is 0 Å². The van der Waals surface area contributed by atoms with Gasteiger partial charge in [0, 0.05) is 43.2 Å². The summed E-state index contributed by atoms with van der Waals surface area (Å²) >= 11 is 0. The predicted octanol–water partition coefficient (Wildman–Crippen LogP) is 5.16. The highest BCUT2D eigenvalue weighted by Crippen LogP contribution is 2.30. The average Bonchev–Trinajstić information content (AvgIpc) is 2.87. The molecule has 212 valence electrons. The first-order valence-corrected chi connectivity index (χ1v) is 13.6. The van der Waals surface area contributed by atoms with E-state index in [0.29, 0.717) is 24.0 Å². The third kappa shape index (κ3) is 6.88. The number of hydrogen-bond acceptors (Lipinski definition) is 5. The molecule has 1 aliphatic heterocycles. The number of rotatable bonds is 11. The van der Waals surface area contributed by atoms with Gasteiger partial charge in [-0.2, -0.15) is 0 Å². The van der Waals surface area contributed by atoms with Crippen molar-refractivity contribution in [3.8, 4) is 11.1 Å². The van der Waals surface area contributed by atoms with Gasteiger partial charge in [-0.25, -0.2) is 8.78 Å². The van der Waals surface area contributed by atoms with Crippen LogP contribution in [-0.2, 0) is 16.1 Å². The van der Waals surface area contributed by atoms with Crippen LogP contribution in [0.2, 0.25) is 0 Å². The number of carbonyl (C=O) groups is 2. The van der Waals surface area contributed by atoms with Crippen LogP contribution < -0.4 is 10.9 Å². The van der Waals surface area contributed by atoms with E-state index in [-0.39, 0.29) is 43.3 Å². The van der Waals surface area contributed by atoms with E-state index in [1.807, 2.05) is 45.0 Å². The van der Waals surface area contributed by atoms with Crippen molar-refractivity contribution in [2.75, 3.05) is 13.1 Å². The lowest BCUT2D eigenvalue weighted by Crippen LogP contribution is -2.55. The highest BCUT2D eigenvalue weighted by molar-refractivity contribution is 5.83. The third-order valence-electron chi connectivity index (χ3n) is 7.26. The molecule has 9 heteroatoms. The molecule has 3 heterocycles. The Balaban J connectivity index is 1.61. The number of carbonyl (C=O) groups excluding carboxylic acids is 2. The molecule has 1 N–H and O–H groups in total. The van der Waals surface area contributed by atoms with Gasteiger partial charge >= 0.3 is 0 Å². The fourth-order valence-corrected chi connectivity index (χ4v) is 5.40. The number of ketones is 1. The molecule has 4 rings (SSSR count). The van der Waals surface area contributed by atoms with Gasteiger partial charge in [0.1, 0.15) is 11.8 Å². The van der Waals surface area contributed by atoms with Crippen LogP contribution >= 0.6 is 0 Å². The fraction of sp³-hybridized carbons (Fsp3) is 0.419. The summed E-state index contributed by atoms with van der Waals surface area (Å²) in [6.07, 6.45) is 6.10. The van der Waals surface area contributed by atoms with Crippen molar-refractivity contribution >= 4 is 11.7 Å². The molecule has 1 saturated heterocycles. The van der Waals surface area contributed by atoms with Crippen LogP contribution in [0.15, 0.2) is 59.8 Å². The second kappa shape index (κ2) is 12.2. The molecular formula is C31H36F2N4O3. The Kier molecular flexibility index (Phi) is 8.93. The van der Waals surface area contributed by atoms with Gasteiger partial charge in [-0.3, -0.25) is 24.3 Å². The van der Waals surface area contributed by atoms with Gasteiger partial charge in [0.25, 0.3) is 11.5 Å². The summed E-state index contributed by atoms with van der Waals surface area (Å²) in [5.74, 6) is -3.17. The van der Waals surface area contributed by atoms with Gasteiger partial charge in [0.05, 0.1) is 19.1 Å². The Labute approximate surface area is 233 Å². The maximum absolute atomic E-state index is 13.7. The van der Waals surface area contributed by atoms with Crippen LogP contribution in [0.1, 0.15) is 67.4 Å². The van der Waals surface area contributed by atoms with E-state index in [1.54, 1.807) is 29.6 Å². The summed E-state index contributed by atoms with van der Waals surface area (Å²) in [6, 6.07) is 9.52. The quantitative estimate of drug-likeness (QED) is 0.357. The molecule has 0 bridgehead atoms. The Morgan fingerprint density at radius 3 is 2.42 bits per heavy atom. The molecule has 0 aliphatic carbocycles. The Morgan fingerprint density at radius 2 is 1.80 bits per heavy atom. The zero-order valence-corrected chi connectivity index (χ0v) is 23.4. The number of nitrogens with zero attached hydrogens (tertiary/aromatic N) is 3. The summed E-state index contributed by atoms with van der Waals surface area (Å²) in [4.78, 5) is 44.8. The van der Waals surface area contributed by atoms with Crippen molar-refractivity contribution in [1.29, 1.82) is 0 Å². The number of benzene rings is 1. The van der Waals surface area contributed by atoms with Crippen molar-refractivity contribution in [2.24, 2.45) is 0 Å². The van der Waals surface area contributed by atoms with Crippen molar-refractivity contribution in [3.05, 3.63) is 87.6 Å². The van der Waals surface area contributed by atoms with Gasteiger partial charge in [-0.05, 0) is 61.1 Å². The average molecular weight is 551 g/mol. The van der Waals surface area contributed by atoms with Gasteiger partial charge in [-0.1, -0.05) is 37.6 Å². The molecule has 1 fully saturated rings. The zero-order valence-electron chi connectivity index (χ0n) is 23.4. The van der Waals surface area contributed by atoms with Crippen molar-refractivity contribution in [3.63, 3.8) is 0 Å². The molecule has 1 aromatic carbocycles. The molecule has 7 nitrogen and oxygen atoms in total. The van der Waals surface area contributed by atoms with E-state index < -0.39 is 18.0 Å². The van der Waals surface area contributed by atoms with E-state index in [2.05, 4.69) is 10.3 Å². The standard InChI is InChI=1S/C31H36F2N4O3/c1-5-7-27(37-17-23(10-11-28(37)39)16-36-18-31(32,33)19-36)30(40)35-26(12-22(4)38)24-13-25(15-34-14-24)29-20(2)8-6-9-21(29)3/h6,8-11,13-15,17,26-27H,5,7,12,16,18-19H2,1-4H3,(H,35,40)/t26-,27?/m0/s1. The van der Waals surface area contributed by atoms with Crippen LogP contribution in [-0.4, -0.2) is 45.2 Å². The van der Waals surface area contributed by atoms with Crippen LogP contribution in [0.3, 0.4) is 0 Å². The summed E-state index contributed by atoms with van der Waals surface area (Å²) in [5, 5.41) is 3.01. The molecule has 1 unspecified atom stereocenters. The minimum Gasteiger partial charge on any atom is -0.347 e. The smallest absolute Gasteiger partial charge is 0.272 e. The molecule has 1 amide bonds. The molecule has 0 radical (unpaired) electrons. The summed E-state index contributed by atoms with van der Waals surface area (Å²) < 4.78 is 28.0. The monoisotopic (exact) mass is 550 g/mol. The zero-order chi connectivity index (χ0) is 29.0. The number of pyridine rings is 2. The van der Waals surface area contributed by atoms with Gasteiger partial charge < -0.3 is 9.88 Å². The first-order valence-electron chi connectivity index (χ1n) is 13.6. The normalized spacial score (nSPS) is 16.1. The molecule has 2 aromatic heterocycles.